The summed E-state index contributed by atoms with van der Waals surface area (Å²) in [6.07, 6.45) is 13.2. The van der Waals surface area contributed by atoms with Crippen LogP contribution < -0.4 is 15.7 Å². The van der Waals surface area contributed by atoms with Gasteiger partial charge in [0.25, 0.3) is 0 Å². The molecule has 2 aliphatic rings. The Balaban J connectivity index is 0.000000118. The van der Waals surface area contributed by atoms with Gasteiger partial charge >= 0.3 is 7.12 Å². The van der Waals surface area contributed by atoms with Crippen LogP contribution in [0.4, 0.5) is 28.7 Å². The molecule has 12 heterocycles. The second-order valence-electron chi connectivity index (χ2n) is 32.9. The van der Waals surface area contributed by atoms with Gasteiger partial charge in [-0.15, -0.1) is 0 Å². The number of rotatable bonds is 6. The number of nitrogens with one attached hydrogen (secondary N) is 2. The number of hydrogen-bond donors (Lipinski definition) is 4. The molecule has 0 atom stereocenters. The largest absolute Gasteiger partial charge is 0.489 e. The molecule has 22 nitrogen and oxygen atoms in total. The van der Waals surface area contributed by atoms with E-state index < -0.39 is 12.5 Å². The molecular formula is C106H72BCl2IN20O2. The van der Waals surface area contributed by atoms with Gasteiger partial charge in [-0.05, 0) is 165 Å². The molecule has 4 N–H and O–H groups in total. The van der Waals surface area contributed by atoms with Gasteiger partial charge in [0.15, 0.2) is 22.6 Å². The fraction of sp³-hybridized carbons (Fsp3) is 0.0566. The standard InChI is InChI=1S/C53H34N10.C21H18N2.C16H9ClN4.C10H9BO2.C6H2ClIN4/c1-53(2)39-22-8-10-24-42(39)63(52-59-46(48-50(61-52)57-28-26-55-48)37-21-12-16-32-14-4-6-18-34(32)37)44-30-43-38(29-40(44)53)35-19-7-9-23-41(35)62(43)51-58-45(47-49(60-51)56-27-25-54-47)36-20-11-15-31-13-3-5-17-33(31)36;1-21(2)15-8-4-6-10-18(15)23-20-12-19-14(11-16(20)21)13-7-3-5-9-17(13)22-19;17-16-20-13(14-15(21-16)19-9-8-18-14)12-7-3-5-10-4-1-2-6-11(10)12;12-11(13)10-7-3-5-8-4-1-2-6-9(8)10;7-6-11-4(8)3-5(12-6)10-2-1-9-3/h3-30H,1-2H3;3-12,22-23H,1-2H3;1-9H;1-7,12-13H;1-2H. The van der Waals surface area contributed by atoms with Crippen molar-refractivity contribution >= 4 is 218 Å². The van der Waals surface area contributed by atoms with E-state index in [9.17, 15) is 0 Å². The van der Waals surface area contributed by atoms with Crippen molar-refractivity contribution in [1.29, 1.82) is 0 Å². The minimum absolute atomic E-state index is 0.0102. The van der Waals surface area contributed by atoms with Crippen LogP contribution in [0.3, 0.4) is 0 Å². The maximum atomic E-state index is 9.08. The molecule has 26 heteroatoms. The van der Waals surface area contributed by atoms with Crippen molar-refractivity contribution in [2.45, 2.75) is 38.5 Å². The van der Waals surface area contributed by atoms with Crippen molar-refractivity contribution in [2.24, 2.45) is 0 Å². The van der Waals surface area contributed by atoms with Gasteiger partial charge in [-0.1, -0.05) is 270 Å². The molecule has 0 bridgehead atoms. The van der Waals surface area contributed by atoms with Crippen LogP contribution in [-0.2, 0) is 10.8 Å². The maximum Gasteiger partial charge on any atom is 0.489 e. The predicted octanol–water partition coefficient (Wildman–Crippen LogP) is 23.8. The van der Waals surface area contributed by atoms with Crippen LogP contribution in [0.5, 0.6) is 0 Å². The van der Waals surface area contributed by atoms with E-state index in [-0.39, 0.29) is 16.0 Å². The zero-order chi connectivity index (χ0) is 89.5. The molecule has 24 aromatic rings. The highest BCUT2D eigenvalue weighted by molar-refractivity contribution is 14.1. The zero-order valence-corrected chi connectivity index (χ0v) is 74.7. The molecule has 0 saturated heterocycles. The Morgan fingerprint density at radius 2 is 0.750 bits per heavy atom. The lowest BCUT2D eigenvalue weighted by Gasteiger charge is -2.41. The molecule has 132 heavy (non-hydrogen) atoms. The number of halogens is 3. The number of anilines is 5. The molecule has 0 spiro atoms. The summed E-state index contributed by atoms with van der Waals surface area (Å²) < 4.78 is 2.88. The molecule has 14 aromatic carbocycles. The molecule has 0 unspecified atom stereocenters. The number of nitrogens with zero attached hydrogens (tertiary/aromatic N) is 18. The summed E-state index contributed by atoms with van der Waals surface area (Å²) in [6.45, 7) is 9.21. The van der Waals surface area contributed by atoms with Crippen LogP contribution in [0, 0.1) is 3.70 Å². The summed E-state index contributed by atoms with van der Waals surface area (Å²) in [7, 11) is -1.40. The molecule has 26 rings (SSSR count). The fourth-order valence-electron chi connectivity index (χ4n) is 18.4. The number of aromatic amines is 1. The Morgan fingerprint density at radius 1 is 0.318 bits per heavy atom. The van der Waals surface area contributed by atoms with Gasteiger partial charge in [-0.25, -0.2) is 59.8 Å². The minimum atomic E-state index is -1.40. The number of H-pyrrole nitrogens is 1. The van der Waals surface area contributed by atoms with Crippen LogP contribution in [0.25, 0.3) is 171 Å². The Bertz CT molecular complexity index is 8740. The minimum Gasteiger partial charge on any atom is -0.423 e. The van der Waals surface area contributed by atoms with Gasteiger partial charge < -0.3 is 20.3 Å². The first-order valence-electron chi connectivity index (χ1n) is 42.6. The lowest BCUT2D eigenvalue weighted by molar-refractivity contribution is 0.426. The molecular weight excluding hydrogens is 1790 g/mol. The maximum absolute atomic E-state index is 9.08. The zero-order valence-electron chi connectivity index (χ0n) is 71.0. The van der Waals surface area contributed by atoms with Gasteiger partial charge in [0.2, 0.25) is 22.5 Å². The summed E-state index contributed by atoms with van der Waals surface area (Å²) in [5.41, 5.74) is 23.5. The smallest absolute Gasteiger partial charge is 0.423 e. The summed E-state index contributed by atoms with van der Waals surface area (Å²) in [5.74, 6) is 0.988. The first kappa shape index (κ1) is 82.0. The van der Waals surface area contributed by atoms with E-state index in [0.29, 0.717) is 79.1 Å². The number of aromatic nitrogens is 18. The lowest BCUT2D eigenvalue weighted by atomic mass is 9.73. The lowest BCUT2D eigenvalue weighted by Crippen LogP contribution is -2.31. The molecule has 0 saturated carbocycles. The van der Waals surface area contributed by atoms with Gasteiger partial charge in [0, 0.05) is 121 Å². The molecule has 0 aliphatic carbocycles. The normalized spacial score (nSPS) is 12.8. The molecule has 0 radical (unpaired) electrons. The summed E-state index contributed by atoms with van der Waals surface area (Å²) >= 11 is 13.7. The van der Waals surface area contributed by atoms with Crippen LogP contribution in [0.15, 0.2) is 341 Å². The first-order chi connectivity index (χ1) is 64.5. The van der Waals surface area contributed by atoms with Gasteiger partial charge in [-0.2, -0.15) is 19.9 Å². The van der Waals surface area contributed by atoms with Crippen LogP contribution in [0.2, 0.25) is 10.6 Å². The van der Waals surface area contributed by atoms with E-state index in [4.69, 9.17) is 73.1 Å². The van der Waals surface area contributed by atoms with Crippen molar-refractivity contribution in [3.63, 3.8) is 0 Å². The third kappa shape index (κ3) is 14.7. The van der Waals surface area contributed by atoms with Crippen molar-refractivity contribution in [2.75, 3.05) is 10.2 Å². The average molecular weight is 1870 g/mol. The summed E-state index contributed by atoms with van der Waals surface area (Å²) in [6, 6.07) is 99.9. The van der Waals surface area contributed by atoms with Gasteiger partial charge in [0.05, 0.1) is 22.4 Å². The number of benzene rings is 14. The van der Waals surface area contributed by atoms with Crippen molar-refractivity contribution in [3.8, 4) is 39.7 Å². The van der Waals surface area contributed by atoms with E-state index in [0.717, 1.165) is 108 Å². The van der Waals surface area contributed by atoms with Crippen LogP contribution in [0.1, 0.15) is 49.9 Å². The molecule has 10 aromatic heterocycles. The summed E-state index contributed by atoms with van der Waals surface area (Å²) in [5, 5.41) is 35.4. The highest BCUT2D eigenvalue weighted by Gasteiger charge is 2.40. The average Bonchev–Trinajstić information content (AvgIpc) is 1.09. The fourth-order valence-corrected chi connectivity index (χ4v) is 19.5. The van der Waals surface area contributed by atoms with Gasteiger partial charge in [0.1, 0.15) is 42.8 Å². The van der Waals surface area contributed by atoms with E-state index in [1.54, 1.807) is 55.6 Å². The Hall–Kier alpha value is -15.7. The van der Waals surface area contributed by atoms with E-state index >= 15 is 0 Å². The molecule has 0 amide bonds. The quantitative estimate of drug-likeness (QED) is 0.0521. The Labute approximate surface area is 777 Å². The second kappa shape index (κ2) is 33.7. The first-order valence-corrected chi connectivity index (χ1v) is 44.5. The SMILES string of the molecule is CC1(C)c2ccccc2N(c2nc(-c3cccc4ccccc34)c3nccnc3n2)c2cc3c(cc21)c1ccccc1n3-c1nc(-c2cccc3ccccc23)c2nccnc2n1.CC1(C)c2ccccc2Nc2cc3[nH]c4ccccc4c3cc21.Clc1nc(-c2cccc3ccccc23)c2nccnc2n1.Clc1nc(I)c2nccnc2n1.OB(O)c1cccc2ccccc12. The summed E-state index contributed by atoms with van der Waals surface area (Å²) in [4.78, 5) is 79.1. The van der Waals surface area contributed by atoms with Crippen molar-refractivity contribution in [3.05, 3.63) is 377 Å². The van der Waals surface area contributed by atoms with Crippen molar-refractivity contribution in [1.82, 2.24) is 89.3 Å². The number of fused-ring (bicyclic) bond motifs is 18. The second-order valence-corrected chi connectivity index (χ2v) is 34.6. The van der Waals surface area contributed by atoms with Crippen LogP contribution in [-0.4, -0.2) is 106 Å². The Kier molecular flexibility index (Phi) is 21.0. The molecule has 0 fully saturated rings. The highest BCUT2D eigenvalue weighted by Crippen LogP contribution is 2.55. The van der Waals surface area contributed by atoms with Crippen molar-refractivity contribution < 1.29 is 10.0 Å². The van der Waals surface area contributed by atoms with E-state index in [1.807, 2.05) is 83.3 Å². The van der Waals surface area contributed by atoms with E-state index in [1.165, 1.54) is 44.3 Å². The highest BCUT2D eigenvalue weighted by atomic mass is 127. The predicted molar refractivity (Wildman–Crippen MR) is 538 cm³/mol. The number of hydrogen-bond acceptors (Lipinski definition) is 20. The van der Waals surface area contributed by atoms with Gasteiger partial charge in [-0.3, -0.25) is 9.47 Å². The third-order valence-corrected chi connectivity index (χ3v) is 25.6. The number of para-hydroxylation sites is 4. The topological polar surface area (TPSA) is 283 Å². The monoisotopic (exact) mass is 1860 g/mol. The van der Waals surface area contributed by atoms with E-state index in [2.05, 4.69) is 312 Å². The molecule has 2 aliphatic heterocycles. The molecule has 632 valence electrons. The van der Waals surface area contributed by atoms with Crippen LogP contribution >= 0.6 is 45.8 Å². The third-order valence-electron chi connectivity index (χ3n) is 24.6. The Morgan fingerprint density at radius 3 is 1.35 bits per heavy atom.